The molecular weight excluding hydrogens is 210 g/mol. The Labute approximate surface area is 101 Å². The lowest BCUT2D eigenvalue weighted by molar-refractivity contribution is 0.571. The third kappa shape index (κ3) is 1.62. The number of nitrogens with two attached hydrogens (primary N) is 1. The largest absolute Gasteiger partial charge is 0.396 e. The summed E-state index contributed by atoms with van der Waals surface area (Å²) in [5, 5.41) is 4.26. The Balaban J connectivity index is 2.12. The monoisotopic (exact) mass is 227 g/mol. The molecule has 0 fully saturated rings. The van der Waals surface area contributed by atoms with E-state index in [1.807, 2.05) is 11.7 Å². The molecule has 1 aromatic carbocycles. The first kappa shape index (κ1) is 10.4. The molecule has 1 aliphatic carbocycles. The first-order valence-corrected chi connectivity index (χ1v) is 6.12. The Hall–Kier alpha value is -1.77. The molecule has 3 rings (SSSR count). The minimum Gasteiger partial charge on any atom is -0.396 e. The zero-order valence-electron chi connectivity index (χ0n) is 10.1. The van der Waals surface area contributed by atoms with Crippen LogP contribution < -0.4 is 5.73 Å². The van der Waals surface area contributed by atoms with Crippen LogP contribution in [0.4, 0.5) is 5.69 Å². The highest BCUT2D eigenvalue weighted by Gasteiger charge is 2.25. The van der Waals surface area contributed by atoms with Crippen LogP contribution >= 0.6 is 0 Å². The Bertz CT molecular complexity index is 523. The van der Waals surface area contributed by atoms with E-state index in [1.165, 1.54) is 30.4 Å². The average Bonchev–Trinajstić information content (AvgIpc) is 2.69. The summed E-state index contributed by atoms with van der Waals surface area (Å²) in [4.78, 5) is 0. The van der Waals surface area contributed by atoms with Gasteiger partial charge in [-0.05, 0) is 30.4 Å². The molecule has 1 aromatic heterocycles. The molecule has 0 spiro atoms. The second-order valence-electron chi connectivity index (χ2n) is 4.75. The number of nitrogens with zero attached hydrogens (tertiary/aromatic N) is 2. The predicted octanol–water partition coefficient (Wildman–Crippen LogP) is 2.47. The van der Waals surface area contributed by atoms with Crippen LogP contribution in [0.3, 0.4) is 0 Å². The average molecular weight is 227 g/mol. The Kier molecular flexibility index (Phi) is 2.39. The van der Waals surface area contributed by atoms with Gasteiger partial charge in [0, 0.05) is 13.0 Å². The summed E-state index contributed by atoms with van der Waals surface area (Å²) in [6.07, 6.45) is 5.34. The topological polar surface area (TPSA) is 43.8 Å². The van der Waals surface area contributed by atoms with Crippen molar-refractivity contribution in [3.8, 4) is 0 Å². The summed E-state index contributed by atoms with van der Waals surface area (Å²) in [6.45, 7) is 0. The molecule has 1 unspecified atom stereocenters. The van der Waals surface area contributed by atoms with Crippen LogP contribution in [0.25, 0.3) is 0 Å². The van der Waals surface area contributed by atoms with Crippen molar-refractivity contribution in [1.29, 1.82) is 0 Å². The molecular formula is C14H17N3. The minimum atomic E-state index is 0.410. The molecule has 0 saturated carbocycles. The maximum Gasteiger partial charge on any atom is 0.0739 e. The van der Waals surface area contributed by atoms with Gasteiger partial charge in [0.2, 0.25) is 0 Å². The Morgan fingerprint density at radius 3 is 2.94 bits per heavy atom. The highest BCUT2D eigenvalue weighted by Crippen LogP contribution is 2.38. The van der Waals surface area contributed by atoms with E-state index in [0.29, 0.717) is 5.92 Å². The zero-order chi connectivity index (χ0) is 11.8. The fourth-order valence-corrected chi connectivity index (χ4v) is 2.93. The van der Waals surface area contributed by atoms with Gasteiger partial charge in [-0.1, -0.05) is 24.3 Å². The first-order valence-electron chi connectivity index (χ1n) is 6.12. The third-order valence-electron chi connectivity index (χ3n) is 3.71. The number of anilines is 1. The summed E-state index contributed by atoms with van der Waals surface area (Å²) < 4.78 is 1.92. The molecule has 2 N–H and O–H groups in total. The van der Waals surface area contributed by atoms with Crippen LogP contribution in [-0.4, -0.2) is 9.78 Å². The van der Waals surface area contributed by atoms with Crippen LogP contribution in [-0.2, 0) is 13.5 Å². The summed E-state index contributed by atoms with van der Waals surface area (Å²) >= 11 is 0. The zero-order valence-corrected chi connectivity index (χ0v) is 10.1. The van der Waals surface area contributed by atoms with Gasteiger partial charge < -0.3 is 5.73 Å². The van der Waals surface area contributed by atoms with E-state index in [1.54, 1.807) is 6.20 Å². The Morgan fingerprint density at radius 2 is 2.18 bits per heavy atom. The molecule has 0 saturated heterocycles. The van der Waals surface area contributed by atoms with Crippen molar-refractivity contribution in [2.45, 2.75) is 25.2 Å². The smallest absolute Gasteiger partial charge is 0.0739 e. The van der Waals surface area contributed by atoms with Crippen LogP contribution in [0.1, 0.15) is 35.6 Å². The predicted molar refractivity (Wildman–Crippen MR) is 68.8 cm³/mol. The number of hydrogen-bond acceptors (Lipinski definition) is 2. The standard InChI is InChI=1S/C14H17N3/c1-17-14(13(15)9-16-17)12-8-4-6-10-5-2-3-7-11(10)12/h2-3,5,7,9,12H,4,6,8,15H2,1H3. The van der Waals surface area contributed by atoms with E-state index < -0.39 is 0 Å². The normalized spacial score (nSPS) is 19.0. The lowest BCUT2D eigenvalue weighted by atomic mass is 9.81. The molecule has 0 bridgehead atoms. The minimum absolute atomic E-state index is 0.410. The summed E-state index contributed by atoms with van der Waals surface area (Å²) in [5.41, 5.74) is 10.9. The van der Waals surface area contributed by atoms with Crippen molar-refractivity contribution in [2.75, 3.05) is 5.73 Å². The van der Waals surface area contributed by atoms with Gasteiger partial charge in [-0.25, -0.2) is 0 Å². The van der Waals surface area contributed by atoms with Crippen molar-refractivity contribution in [1.82, 2.24) is 9.78 Å². The van der Waals surface area contributed by atoms with Gasteiger partial charge in [0.05, 0.1) is 17.6 Å². The molecule has 1 heterocycles. The van der Waals surface area contributed by atoms with E-state index in [2.05, 4.69) is 29.4 Å². The van der Waals surface area contributed by atoms with Crippen LogP contribution in [0.5, 0.6) is 0 Å². The van der Waals surface area contributed by atoms with Crippen LogP contribution in [0, 0.1) is 0 Å². The maximum atomic E-state index is 6.05. The third-order valence-corrected chi connectivity index (χ3v) is 3.71. The van der Waals surface area contributed by atoms with Crippen molar-refractivity contribution in [2.24, 2.45) is 7.05 Å². The fourth-order valence-electron chi connectivity index (χ4n) is 2.93. The van der Waals surface area contributed by atoms with Gasteiger partial charge >= 0.3 is 0 Å². The summed E-state index contributed by atoms with van der Waals surface area (Å²) in [7, 11) is 1.98. The van der Waals surface area contributed by atoms with Crippen molar-refractivity contribution >= 4 is 5.69 Å². The maximum absolute atomic E-state index is 6.05. The van der Waals surface area contributed by atoms with Crippen molar-refractivity contribution in [3.63, 3.8) is 0 Å². The highest BCUT2D eigenvalue weighted by molar-refractivity contribution is 5.49. The lowest BCUT2D eigenvalue weighted by Gasteiger charge is -2.26. The Morgan fingerprint density at radius 1 is 1.35 bits per heavy atom. The molecule has 2 aromatic rings. The summed E-state index contributed by atoms with van der Waals surface area (Å²) in [5.74, 6) is 0.410. The lowest BCUT2D eigenvalue weighted by Crippen LogP contribution is -2.15. The quantitative estimate of drug-likeness (QED) is 0.813. The van der Waals surface area contributed by atoms with Gasteiger partial charge in [-0.3, -0.25) is 4.68 Å². The van der Waals surface area contributed by atoms with Crippen LogP contribution in [0.2, 0.25) is 0 Å². The van der Waals surface area contributed by atoms with E-state index >= 15 is 0 Å². The van der Waals surface area contributed by atoms with E-state index in [4.69, 9.17) is 5.73 Å². The van der Waals surface area contributed by atoms with Crippen molar-refractivity contribution in [3.05, 3.63) is 47.3 Å². The molecule has 0 amide bonds. The molecule has 88 valence electrons. The van der Waals surface area contributed by atoms with Gasteiger partial charge in [-0.2, -0.15) is 5.10 Å². The number of benzene rings is 1. The molecule has 3 heteroatoms. The second-order valence-corrected chi connectivity index (χ2v) is 4.75. The molecule has 0 aliphatic heterocycles. The number of rotatable bonds is 1. The fraction of sp³-hybridized carbons (Fsp3) is 0.357. The first-order chi connectivity index (χ1) is 8.27. The number of hydrogen-bond donors (Lipinski definition) is 1. The molecule has 17 heavy (non-hydrogen) atoms. The van der Waals surface area contributed by atoms with E-state index in [9.17, 15) is 0 Å². The highest BCUT2D eigenvalue weighted by atomic mass is 15.3. The molecule has 3 nitrogen and oxygen atoms in total. The molecule has 0 radical (unpaired) electrons. The van der Waals surface area contributed by atoms with Gasteiger partial charge in [0.25, 0.3) is 0 Å². The van der Waals surface area contributed by atoms with Gasteiger partial charge in [-0.15, -0.1) is 0 Å². The number of fused-ring (bicyclic) bond motifs is 1. The number of aromatic nitrogens is 2. The summed E-state index contributed by atoms with van der Waals surface area (Å²) in [6, 6.07) is 8.69. The number of aryl methyl sites for hydroxylation is 2. The van der Waals surface area contributed by atoms with Gasteiger partial charge in [0.15, 0.2) is 0 Å². The second kappa shape index (κ2) is 3.91. The number of nitrogen functional groups attached to an aromatic ring is 1. The van der Waals surface area contributed by atoms with E-state index in [0.717, 1.165) is 11.4 Å². The molecule has 1 atom stereocenters. The SMILES string of the molecule is Cn1ncc(N)c1C1CCCc2ccccc21. The molecule has 1 aliphatic rings. The van der Waals surface area contributed by atoms with Crippen LogP contribution in [0.15, 0.2) is 30.5 Å². The van der Waals surface area contributed by atoms with Crippen molar-refractivity contribution < 1.29 is 0 Å². The van der Waals surface area contributed by atoms with Gasteiger partial charge in [0.1, 0.15) is 0 Å². The van der Waals surface area contributed by atoms with E-state index in [-0.39, 0.29) is 0 Å².